The van der Waals surface area contributed by atoms with E-state index in [9.17, 15) is 4.79 Å². The first-order valence-electron chi connectivity index (χ1n) is 6.44. The smallest absolute Gasteiger partial charge is 0.340 e. The molecule has 2 atom stereocenters. The number of nitrogens with zero attached hydrogens (tertiary/aromatic N) is 2. The number of hydrogen-bond donors (Lipinski definition) is 0. The van der Waals surface area contributed by atoms with Crippen molar-refractivity contribution in [2.75, 3.05) is 0 Å². The summed E-state index contributed by atoms with van der Waals surface area (Å²) in [7, 11) is 0. The van der Waals surface area contributed by atoms with Gasteiger partial charge in [0.2, 0.25) is 6.29 Å². The van der Waals surface area contributed by atoms with Crippen molar-refractivity contribution >= 4 is 5.97 Å². The van der Waals surface area contributed by atoms with Crippen LogP contribution >= 0.6 is 0 Å². The lowest BCUT2D eigenvalue weighted by Crippen LogP contribution is -2.19. The fourth-order valence-corrected chi connectivity index (χ4v) is 2.10. The number of nitriles is 1. The summed E-state index contributed by atoms with van der Waals surface area (Å²) in [6, 6.07) is 14.3. The third-order valence-corrected chi connectivity index (χ3v) is 3.11. The van der Waals surface area contributed by atoms with E-state index in [1.165, 1.54) is 0 Å². The Morgan fingerprint density at radius 2 is 2.00 bits per heavy atom. The molecule has 0 saturated heterocycles. The molecule has 1 aliphatic heterocycles. The molecule has 104 valence electrons. The molecular weight excluding hydrogens is 268 g/mol. The van der Waals surface area contributed by atoms with Gasteiger partial charge in [-0.05, 0) is 36.4 Å². The SMILES string of the molecule is N#Cc1cccn1[C@@H]1C=C[C@H](OC(=O)c2ccccc2)O1. The molecule has 0 unspecified atom stereocenters. The van der Waals surface area contributed by atoms with E-state index in [0.29, 0.717) is 11.3 Å². The summed E-state index contributed by atoms with van der Waals surface area (Å²) in [5.74, 6) is -0.445. The second-order valence-corrected chi connectivity index (χ2v) is 4.46. The van der Waals surface area contributed by atoms with Crippen LogP contribution in [0.5, 0.6) is 0 Å². The lowest BCUT2D eigenvalue weighted by Gasteiger charge is -2.16. The van der Waals surface area contributed by atoms with Gasteiger partial charge >= 0.3 is 5.97 Å². The normalized spacial score (nSPS) is 20.1. The van der Waals surface area contributed by atoms with Crippen LogP contribution in [0.15, 0.2) is 60.8 Å². The highest BCUT2D eigenvalue weighted by Crippen LogP contribution is 2.24. The zero-order chi connectivity index (χ0) is 14.7. The number of aromatic nitrogens is 1. The highest BCUT2D eigenvalue weighted by Gasteiger charge is 2.24. The Labute approximate surface area is 121 Å². The van der Waals surface area contributed by atoms with E-state index in [4.69, 9.17) is 14.7 Å². The van der Waals surface area contributed by atoms with Crippen LogP contribution in [0.4, 0.5) is 0 Å². The van der Waals surface area contributed by atoms with Crippen molar-refractivity contribution in [1.29, 1.82) is 5.26 Å². The Bertz CT molecular complexity index is 713. The number of esters is 1. The Hall–Kier alpha value is -2.84. The van der Waals surface area contributed by atoms with Gasteiger partial charge in [-0.25, -0.2) is 4.79 Å². The van der Waals surface area contributed by atoms with Crippen molar-refractivity contribution in [2.45, 2.75) is 12.5 Å². The minimum absolute atomic E-state index is 0.441. The quantitative estimate of drug-likeness (QED) is 0.640. The zero-order valence-electron chi connectivity index (χ0n) is 11.0. The molecule has 1 aromatic heterocycles. The Morgan fingerprint density at radius 1 is 1.19 bits per heavy atom. The summed E-state index contributed by atoms with van der Waals surface area (Å²) < 4.78 is 12.5. The molecule has 0 bridgehead atoms. The lowest BCUT2D eigenvalue weighted by molar-refractivity contribution is -0.107. The molecular formula is C16H12N2O3. The number of hydrogen-bond acceptors (Lipinski definition) is 4. The number of rotatable bonds is 3. The van der Waals surface area contributed by atoms with Gasteiger partial charge in [-0.1, -0.05) is 18.2 Å². The van der Waals surface area contributed by atoms with Crippen LogP contribution < -0.4 is 0 Å². The van der Waals surface area contributed by atoms with Gasteiger partial charge in [0.05, 0.1) is 5.56 Å². The average molecular weight is 280 g/mol. The van der Waals surface area contributed by atoms with E-state index in [-0.39, 0.29) is 0 Å². The third kappa shape index (κ3) is 2.71. The van der Waals surface area contributed by atoms with Crippen LogP contribution in [0, 0.1) is 11.3 Å². The standard InChI is InChI=1S/C16H12N2O3/c17-11-13-7-4-10-18(13)14-8-9-15(20-14)21-16(19)12-5-2-1-3-6-12/h1-10,14-15H/t14-,15-/m0/s1. The first kappa shape index (κ1) is 13.2. The predicted octanol–water partition coefficient (Wildman–Crippen LogP) is 2.63. The van der Waals surface area contributed by atoms with Crippen LogP contribution in [-0.4, -0.2) is 16.8 Å². The van der Waals surface area contributed by atoms with Gasteiger partial charge in [0.25, 0.3) is 0 Å². The van der Waals surface area contributed by atoms with E-state index in [1.807, 2.05) is 6.07 Å². The monoisotopic (exact) mass is 280 g/mol. The largest absolute Gasteiger partial charge is 0.428 e. The minimum atomic E-state index is -0.753. The zero-order valence-corrected chi connectivity index (χ0v) is 11.0. The highest BCUT2D eigenvalue weighted by molar-refractivity contribution is 5.89. The molecule has 0 aliphatic carbocycles. The van der Waals surface area contributed by atoms with Crippen LogP contribution in [-0.2, 0) is 9.47 Å². The fourth-order valence-electron chi connectivity index (χ4n) is 2.10. The Kier molecular flexibility index (Phi) is 3.54. The Morgan fingerprint density at radius 3 is 2.76 bits per heavy atom. The molecule has 21 heavy (non-hydrogen) atoms. The summed E-state index contributed by atoms with van der Waals surface area (Å²) in [5, 5.41) is 8.99. The van der Waals surface area contributed by atoms with Crippen LogP contribution in [0.2, 0.25) is 0 Å². The summed E-state index contributed by atoms with van der Waals surface area (Å²) in [4.78, 5) is 11.9. The summed E-state index contributed by atoms with van der Waals surface area (Å²) in [5.41, 5.74) is 0.955. The van der Waals surface area contributed by atoms with Crippen molar-refractivity contribution < 1.29 is 14.3 Å². The fraction of sp³-hybridized carbons (Fsp3) is 0.125. The van der Waals surface area contributed by atoms with Gasteiger partial charge in [-0.3, -0.25) is 0 Å². The van der Waals surface area contributed by atoms with Crippen molar-refractivity contribution in [1.82, 2.24) is 4.57 Å². The van der Waals surface area contributed by atoms with Gasteiger partial charge in [0.1, 0.15) is 11.8 Å². The number of benzene rings is 1. The minimum Gasteiger partial charge on any atom is -0.428 e. The Balaban J connectivity index is 1.65. The van der Waals surface area contributed by atoms with Crippen molar-refractivity contribution in [3.63, 3.8) is 0 Å². The molecule has 5 nitrogen and oxygen atoms in total. The first-order valence-corrected chi connectivity index (χ1v) is 6.44. The van der Waals surface area contributed by atoms with Crippen molar-refractivity contribution in [3.8, 4) is 6.07 Å². The second kappa shape index (κ2) is 5.65. The van der Waals surface area contributed by atoms with Crippen LogP contribution in [0.3, 0.4) is 0 Å². The number of carbonyl (C=O) groups is 1. The molecule has 1 aromatic carbocycles. The van der Waals surface area contributed by atoms with E-state index >= 15 is 0 Å². The molecule has 0 amide bonds. The van der Waals surface area contributed by atoms with Crippen LogP contribution in [0.1, 0.15) is 22.3 Å². The molecule has 0 N–H and O–H groups in total. The molecule has 0 spiro atoms. The molecule has 3 rings (SSSR count). The van der Waals surface area contributed by atoms with E-state index in [0.717, 1.165) is 0 Å². The molecule has 2 heterocycles. The second-order valence-electron chi connectivity index (χ2n) is 4.46. The van der Waals surface area contributed by atoms with Gasteiger partial charge in [0, 0.05) is 6.20 Å². The molecule has 1 aliphatic rings. The third-order valence-electron chi connectivity index (χ3n) is 3.11. The topological polar surface area (TPSA) is 64.2 Å². The van der Waals surface area contributed by atoms with Gasteiger partial charge < -0.3 is 14.0 Å². The van der Waals surface area contributed by atoms with Gasteiger partial charge in [-0.2, -0.15) is 5.26 Å². The first-order chi connectivity index (χ1) is 10.3. The average Bonchev–Trinajstić information content (AvgIpc) is 3.16. The van der Waals surface area contributed by atoms with E-state index in [1.54, 1.807) is 59.3 Å². The molecule has 0 saturated carbocycles. The van der Waals surface area contributed by atoms with E-state index in [2.05, 4.69) is 6.07 Å². The van der Waals surface area contributed by atoms with Crippen molar-refractivity contribution in [3.05, 3.63) is 72.1 Å². The molecule has 0 fully saturated rings. The maximum absolute atomic E-state index is 11.9. The van der Waals surface area contributed by atoms with Gasteiger partial charge in [0.15, 0.2) is 6.23 Å². The summed E-state index contributed by atoms with van der Waals surface area (Å²) in [6.07, 6.45) is 3.96. The number of carbonyl (C=O) groups excluding carboxylic acids is 1. The summed E-state index contributed by atoms with van der Waals surface area (Å²) >= 11 is 0. The van der Waals surface area contributed by atoms with Crippen molar-refractivity contribution in [2.24, 2.45) is 0 Å². The molecule has 5 heteroatoms. The maximum atomic E-state index is 11.9. The van der Waals surface area contributed by atoms with E-state index < -0.39 is 18.5 Å². The molecule has 0 radical (unpaired) electrons. The van der Waals surface area contributed by atoms with Gasteiger partial charge in [-0.15, -0.1) is 0 Å². The highest BCUT2D eigenvalue weighted by atomic mass is 16.7. The lowest BCUT2D eigenvalue weighted by atomic mass is 10.2. The summed E-state index contributed by atoms with van der Waals surface area (Å²) in [6.45, 7) is 0. The number of ether oxygens (including phenoxy) is 2. The predicted molar refractivity (Wildman–Crippen MR) is 74.1 cm³/mol. The van der Waals surface area contributed by atoms with Crippen LogP contribution in [0.25, 0.3) is 0 Å². The molecule has 2 aromatic rings. The maximum Gasteiger partial charge on any atom is 0.340 e.